The van der Waals surface area contributed by atoms with Gasteiger partial charge in [-0.05, 0) is 30.3 Å². The minimum absolute atomic E-state index is 0.210. The van der Waals surface area contributed by atoms with Gasteiger partial charge in [-0.1, -0.05) is 23.2 Å². The highest BCUT2D eigenvalue weighted by Crippen LogP contribution is 2.32. The largest absolute Gasteiger partial charge is 0.486 e. The zero-order chi connectivity index (χ0) is 17.8. The summed E-state index contributed by atoms with van der Waals surface area (Å²) in [7, 11) is 0. The van der Waals surface area contributed by atoms with Crippen LogP contribution in [0.2, 0.25) is 10.0 Å². The minimum atomic E-state index is -0.670. The fraction of sp³-hybridized carbons (Fsp3) is 0.176. The molecule has 0 radical (unpaired) electrons. The van der Waals surface area contributed by atoms with Gasteiger partial charge >= 0.3 is 5.97 Å². The van der Waals surface area contributed by atoms with Crippen LogP contribution in [0.5, 0.6) is 11.5 Å². The molecule has 0 aromatic heterocycles. The number of carbonyl (C=O) groups excluding carboxylic acids is 2. The molecule has 2 aromatic rings. The molecule has 1 aliphatic heterocycles. The molecular weight excluding hydrogens is 369 g/mol. The molecule has 25 heavy (non-hydrogen) atoms. The third-order valence-electron chi connectivity index (χ3n) is 3.32. The molecule has 1 heterocycles. The van der Waals surface area contributed by atoms with Crippen molar-refractivity contribution in [2.75, 3.05) is 25.1 Å². The van der Waals surface area contributed by atoms with E-state index >= 15 is 0 Å². The van der Waals surface area contributed by atoms with E-state index in [1.165, 1.54) is 18.2 Å². The molecule has 0 fully saturated rings. The monoisotopic (exact) mass is 381 g/mol. The Morgan fingerprint density at radius 2 is 1.76 bits per heavy atom. The van der Waals surface area contributed by atoms with Crippen molar-refractivity contribution in [1.29, 1.82) is 0 Å². The van der Waals surface area contributed by atoms with Crippen LogP contribution in [0.15, 0.2) is 36.4 Å². The topological polar surface area (TPSA) is 73.9 Å². The van der Waals surface area contributed by atoms with Crippen LogP contribution < -0.4 is 14.8 Å². The number of rotatable bonds is 4. The standard InChI is InChI=1S/C17H13Cl2NO5/c18-12-3-1-10(7-13(12)19)17(22)25-9-16(21)20-11-2-4-14-15(8-11)24-6-5-23-14/h1-4,7-8H,5-6,9H2,(H,20,21). The lowest BCUT2D eigenvalue weighted by molar-refractivity contribution is -0.119. The van der Waals surface area contributed by atoms with Crippen LogP contribution in [-0.4, -0.2) is 31.7 Å². The average molecular weight is 382 g/mol. The summed E-state index contributed by atoms with van der Waals surface area (Å²) in [4.78, 5) is 23.8. The van der Waals surface area contributed by atoms with Gasteiger partial charge in [0.15, 0.2) is 18.1 Å². The van der Waals surface area contributed by atoms with Crippen molar-refractivity contribution in [3.8, 4) is 11.5 Å². The summed E-state index contributed by atoms with van der Waals surface area (Å²) in [5.74, 6) is 0.0214. The number of hydrogen-bond acceptors (Lipinski definition) is 5. The summed E-state index contributed by atoms with van der Waals surface area (Å²) in [6.45, 7) is 0.503. The van der Waals surface area contributed by atoms with Crippen LogP contribution >= 0.6 is 23.2 Å². The Labute approximate surface area is 153 Å². The van der Waals surface area contributed by atoms with Gasteiger partial charge in [-0.15, -0.1) is 0 Å². The van der Waals surface area contributed by atoms with Crippen molar-refractivity contribution in [2.24, 2.45) is 0 Å². The molecule has 1 amide bonds. The van der Waals surface area contributed by atoms with E-state index in [0.29, 0.717) is 35.4 Å². The maximum absolute atomic E-state index is 11.9. The molecule has 6 nitrogen and oxygen atoms in total. The van der Waals surface area contributed by atoms with Crippen LogP contribution in [0.3, 0.4) is 0 Å². The van der Waals surface area contributed by atoms with E-state index < -0.39 is 18.5 Å². The van der Waals surface area contributed by atoms with Crippen LogP contribution in [0.25, 0.3) is 0 Å². The number of halogens is 2. The van der Waals surface area contributed by atoms with Crippen LogP contribution in [0.1, 0.15) is 10.4 Å². The molecule has 0 aliphatic carbocycles. The first-order valence-corrected chi connectivity index (χ1v) is 8.10. The molecule has 1 N–H and O–H groups in total. The Balaban J connectivity index is 1.55. The number of esters is 1. The van der Waals surface area contributed by atoms with Gasteiger partial charge in [0.2, 0.25) is 0 Å². The second-order valence-corrected chi connectivity index (χ2v) is 5.93. The minimum Gasteiger partial charge on any atom is -0.486 e. The van der Waals surface area contributed by atoms with Gasteiger partial charge in [-0.3, -0.25) is 4.79 Å². The van der Waals surface area contributed by atoms with Crippen LogP contribution in [0.4, 0.5) is 5.69 Å². The second kappa shape index (κ2) is 7.63. The van der Waals surface area contributed by atoms with E-state index in [0.717, 1.165) is 0 Å². The number of hydrogen-bond donors (Lipinski definition) is 1. The Kier molecular flexibility index (Phi) is 5.31. The Bertz CT molecular complexity index is 825. The highest BCUT2D eigenvalue weighted by atomic mass is 35.5. The first-order valence-electron chi connectivity index (χ1n) is 7.34. The van der Waals surface area contributed by atoms with Gasteiger partial charge in [-0.25, -0.2) is 4.79 Å². The first-order chi connectivity index (χ1) is 12.0. The fourth-order valence-corrected chi connectivity index (χ4v) is 2.45. The smallest absolute Gasteiger partial charge is 0.338 e. The van der Waals surface area contributed by atoms with Crippen molar-refractivity contribution >= 4 is 40.8 Å². The molecule has 8 heteroatoms. The van der Waals surface area contributed by atoms with E-state index in [-0.39, 0.29) is 10.6 Å². The number of ether oxygens (including phenoxy) is 3. The van der Waals surface area contributed by atoms with Crippen LogP contribution in [-0.2, 0) is 9.53 Å². The van der Waals surface area contributed by atoms with E-state index in [1.807, 2.05) is 0 Å². The van der Waals surface area contributed by atoms with Gasteiger partial charge in [-0.2, -0.15) is 0 Å². The molecule has 0 bridgehead atoms. The van der Waals surface area contributed by atoms with Crippen molar-refractivity contribution in [1.82, 2.24) is 0 Å². The summed E-state index contributed by atoms with van der Waals surface area (Å²) >= 11 is 11.6. The fourth-order valence-electron chi connectivity index (χ4n) is 2.16. The van der Waals surface area contributed by atoms with Gasteiger partial charge in [0.05, 0.1) is 15.6 Å². The van der Waals surface area contributed by atoms with E-state index in [2.05, 4.69) is 5.32 Å². The highest BCUT2D eigenvalue weighted by Gasteiger charge is 2.14. The lowest BCUT2D eigenvalue weighted by Crippen LogP contribution is -2.21. The molecule has 130 valence electrons. The van der Waals surface area contributed by atoms with Gasteiger partial charge < -0.3 is 19.5 Å². The molecule has 3 rings (SSSR count). The molecular formula is C17H13Cl2NO5. The van der Waals surface area contributed by atoms with E-state index in [9.17, 15) is 9.59 Å². The Hall–Kier alpha value is -2.44. The summed E-state index contributed by atoms with van der Waals surface area (Å²) in [5.41, 5.74) is 0.723. The third-order valence-corrected chi connectivity index (χ3v) is 4.05. The SMILES string of the molecule is O=C(COC(=O)c1ccc(Cl)c(Cl)c1)Nc1ccc2c(c1)OCCO2. The van der Waals surface area contributed by atoms with Crippen molar-refractivity contribution in [3.63, 3.8) is 0 Å². The third kappa shape index (κ3) is 4.35. The maximum Gasteiger partial charge on any atom is 0.338 e. The molecule has 0 saturated heterocycles. The van der Waals surface area contributed by atoms with Crippen LogP contribution in [0, 0.1) is 0 Å². The van der Waals surface area contributed by atoms with Crippen molar-refractivity contribution in [2.45, 2.75) is 0 Å². The Morgan fingerprint density at radius 1 is 1.00 bits per heavy atom. The highest BCUT2D eigenvalue weighted by molar-refractivity contribution is 6.42. The lowest BCUT2D eigenvalue weighted by atomic mass is 10.2. The predicted molar refractivity (Wildman–Crippen MR) is 92.8 cm³/mol. The number of benzene rings is 2. The summed E-state index contributed by atoms with van der Waals surface area (Å²) in [6, 6.07) is 9.35. The summed E-state index contributed by atoms with van der Waals surface area (Å²) in [6.07, 6.45) is 0. The van der Waals surface area contributed by atoms with Crippen molar-refractivity contribution in [3.05, 3.63) is 52.0 Å². The van der Waals surface area contributed by atoms with Gasteiger partial charge in [0.25, 0.3) is 5.91 Å². The number of fused-ring (bicyclic) bond motifs is 1. The molecule has 0 saturated carbocycles. The predicted octanol–water partition coefficient (Wildman–Crippen LogP) is 3.56. The van der Waals surface area contributed by atoms with E-state index in [4.69, 9.17) is 37.4 Å². The number of nitrogens with one attached hydrogen (secondary N) is 1. The second-order valence-electron chi connectivity index (χ2n) is 5.11. The summed E-state index contributed by atoms with van der Waals surface area (Å²) in [5, 5.41) is 3.18. The lowest BCUT2D eigenvalue weighted by Gasteiger charge is -2.19. The number of amides is 1. The van der Waals surface area contributed by atoms with Crippen molar-refractivity contribution < 1.29 is 23.8 Å². The molecule has 0 atom stereocenters. The van der Waals surface area contributed by atoms with E-state index in [1.54, 1.807) is 18.2 Å². The zero-order valence-electron chi connectivity index (χ0n) is 12.9. The molecule has 0 unspecified atom stereocenters. The molecule has 2 aromatic carbocycles. The zero-order valence-corrected chi connectivity index (χ0v) is 14.4. The Morgan fingerprint density at radius 3 is 2.52 bits per heavy atom. The summed E-state index contributed by atoms with van der Waals surface area (Å²) < 4.78 is 15.8. The number of anilines is 1. The number of carbonyl (C=O) groups is 2. The molecule has 1 aliphatic rings. The first kappa shape index (κ1) is 17.4. The van der Waals surface area contributed by atoms with Gasteiger partial charge in [0.1, 0.15) is 13.2 Å². The quantitative estimate of drug-likeness (QED) is 0.819. The maximum atomic E-state index is 11.9. The normalized spacial score (nSPS) is 12.4. The molecule has 0 spiro atoms. The van der Waals surface area contributed by atoms with Gasteiger partial charge in [0, 0.05) is 11.8 Å². The average Bonchev–Trinajstić information content (AvgIpc) is 2.62.